The zero-order valence-corrected chi connectivity index (χ0v) is 13.1. The van der Waals surface area contributed by atoms with Crippen LogP contribution in [0.3, 0.4) is 0 Å². The van der Waals surface area contributed by atoms with Crippen LogP contribution in [0.25, 0.3) is 0 Å². The fourth-order valence-electron chi connectivity index (χ4n) is 1.97. The van der Waals surface area contributed by atoms with Crippen LogP contribution < -0.4 is 5.32 Å². The Hall–Kier alpha value is -2.27. The number of benzene rings is 2. The van der Waals surface area contributed by atoms with Gasteiger partial charge in [-0.05, 0) is 42.5 Å². The molecule has 0 aliphatic carbocycles. The summed E-state index contributed by atoms with van der Waals surface area (Å²) < 4.78 is 0. The van der Waals surface area contributed by atoms with Gasteiger partial charge in [-0.3, -0.25) is 10.2 Å². The highest BCUT2D eigenvalue weighted by Crippen LogP contribution is 2.15. The van der Waals surface area contributed by atoms with Crippen molar-refractivity contribution in [2.75, 3.05) is 11.6 Å². The highest BCUT2D eigenvalue weighted by Gasteiger charge is 2.04. The number of anilines is 1. The van der Waals surface area contributed by atoms with Crippen LogP contribution in [0, 0.1) is 5.41 Å². The predicted molar refractivity (Wildman–Crippen MR) is 91.8 cm³/mol. The van der Waals surface area contributed by atoms with Gasteiger partial charge in [-0.1, -0.05) is 24.3 Å². The molecule has 0 aliphatic rings. The summed E-state index contributed by atoms with van der Waals surface area (Å²) in [6.45, 7) is 0. The zero-order valence-electron chi connectivity index (χ0n) is 12.3. The van der Waals surface area contributed by atoms with E-state index in [1.54, 1.807) is 12.1 Å². The van der Waals surface area contributed by atoms with Gasteiger partial charge in [-0.25, -0.2) is 0 Å². The molecule has 0 atom stereocenters. The normalized spacial score (nSPS) is 10.2. The SMILES string of the molecule is CSC(=N)c1ccc(CCC(=O)Nc2ccc(O)cc2)cc1. The Bertz CT molecular complexity index is 651. The predicted octanol–water partition coefficient (Wildman–Crippen LogP) is 3.65. The van der Waals surface area contributed by atoms with E-state index in [9.17, 15) is 9.90 Å². The van der Waals surface area contributed by atoms with Gasteiger partial charge in [0.25, 0.3) is 0 Å². The Labute approximate surface area is 134 Å². The number of aromatic hydroxyl groups is 1. The van der Waals surface area contributed by atoms with Crippen LogP contribution in [0.15, 0.2) is 48.5 Å². The van der Waals surface area contributed by atoms with Gasteiger partial charge in [-0.15, -0.1) is 11.8 Å². The van der Waals surface area contributed by atoms with E-state index in [1.807, 2.05) is 30.5 Å². The molecule has 1 amide bonds. The number of thioether (sulfide) groups is 1. The fourth-order valence-corrected chi connectivity index (χ4v) is 2.34. The molecule has 2 rings (SSSR count). The van der Waals surface area contributed by atoms with Crippen molar-refractivity contribution in [3.05, 3.63) is 59.7 Å². The number of carbonyl (C=O) groups is 1. The molecular formula is C17H18N2O2S. The molecule has 0 unspecified atom stereocenters. The molecule has 114 valence electrons. The highest BCUT2D eigenvalue weighted by molar-refractivity contribution is 8.13. The lowest BCUT2D eigenvalue weighted by molar-refractivity contribution is -0.116. The molecule has 22 heavy (non-hydrogen) atoms. The smallest absolute Gasteiger partial charge is 0.224 e. The van der Waals surface area contributed by atoms with E-state index in [4.69, 9.17) is 5.41 Å². The molecule has 0 bridgehead atoms. The number of carbonyl (C=O) groups excluding carboxylic acids is 1. The van der Waals surface area contributed by atoms with Gasteiger partial charge in [-0.2, -0.15) is 0 Å². The minimum Gasteiger partial charge on any atom is -0.508 e. The topological polar surface area (TPSA) is 73.2 Å². The second-order valence-electron chi connectivity index (χ2n) is 4.83. The van der Waals surface area contributed by atoms with Crippen LogP contribution in [0.4, 0.5) is 5.69 Å². The Morgan fingerprint density at radius 2 is 1.77 bits per heavy atom. The Morgan fingerprint density at radius 1 is 1.14 bits per heavy atom. The third-order valence-electron chi connectivity index (χ3n) is 3.21. The first-order chi connectivity index (χ1) is 10.6. The third kappa shape index (κ3) is 4.63. The molecule has 2 aromatic carbocycles. The van der Waals surface area contributed by atoms with Crippen molar-refractivity contribution in [3.63, 3.8) is 0 Å². The number of hydrogen-bond acceptors (Lipinski definition) is 4. The minimum atomic E-state index is -0.0633. The maximum atomic E-state index is 11.9. The van der Waals surface area contributed by atoms with Gasteiger partial charge >= 0.3 is 0 Å². The quantitative estimate of drug-likeness (QED) is 0.448. The van der Waals surface area contributed by atoms with Crippen LogP contribution in [0.1, 0.15) is 17.5 Å². The Morgan fingerprint density at radius 3 is 2.36 bits per heavy atom. The summed E-state index contributed by atoms with van der Waals surface area (Å²) in [4.78, 5) is 11.9. The van der Waals surface area contributed by atoms with E-state index in [1.165, 1.54) is 23.9 Å². The molecular weight excluding hydrogens is 296 g/mol. The molecule has 0 aromatic heterocycles. The van der Waals surface area contributed by atoms with Crippen molar-refractivity contribution < 1.29 is 9.90 Å². The number of phenols is 1. The molecule has 0 radical (unpaired) electrons. The summed E-state index contributed by atoms with van der Waals surface area (Å²) in [6.07, 6.45) is 2.92. The van der Waals surface area contributed by atoms with Gasteiger partial charge in [0.1, 0.15) is 5.75 Å². The second kappa shape index (κ2) is 7.66. The molecule has 4 nitrogen and oxygen atoms in total. The van der Waals surface area contributed by atoms with Gasteiger partial charge in [0.15, 0.2) is 0 Å². The van der Waals surface area contributed by atoms with Crippen LogP contribution in [-0.2, 0) is 11.2 Å². The molecule has 0 saturated heterocycles. The average Bonchev–Trinajstić information content (AvgIpc) is 2.55. The van der Waals surface area contributed by atoms with E-state index in [2.05, 4.69) is 5.32 Å². The minimum absolute atomic E-state index is 0.0633. The Kier molecular flexibility index (Phi) is 5.61. The molecule has 0 heterocycles. The summed E-state index contributed by atoms with van der Waals surface area (Å²) in [7, 11) is 0. The maximum Gasteiger partial charge on any atom is 0.224 e. The zero-order chi connectivity index (χ0) is 15.9. The van der Waals surface area contributed by atoms with Gasteiger partial charge in [0.2, 0.25) is 5.91 Å². The fraction of sp³-hybridized carbons (Fsp3) is 0.176. The summed E-state index contributed by atoms with van der Waals surface area (Å²) in [6, 6.07) is 14.1. The van der Waals surface area contributed by atoms with Crippen molar-refractivity contribution in [1.82, 2.24) is 0 Å². The summed E-state index contributed by atoms with van der Waals surface area (Å²) in [5, 5.41) is 20.3. The van der Waals surface area contributed by atoms with Crippen LogP contribution in [0.5, 0.6) is 5.75 Å². The van der Waals surface area contributed by atoms with Crippen molar-refractivity contribution >= 4 is 28.4 Å². The molecule has 5 heteroatoms. The van der Waals surface area contributed by atoms with E-state index in [0.717, 1.165) is 11.1 Å². The van der Waals surface area contributed by atoms with E-state index < -0.39 is 0 Å². The number of amides is 1. The number of phenolic OH excluding ortho intramolecular Hbond substituents is 1. The van der Waals surface area contributed by atoms with Crippen LogP contribution in [0.2, 0.25) is 0 Å². The monoisotopic (exact) mass is 314 g/mol. The summed E-state index contributed by atoms with van der Waals surface area (Å²) in [5.41, 5.74) is 2.63. The highest BCUT2D eigenvalue weighted by atomic mass is 32.2. The Balaban J connectivity index is 1.85. The number of nitrogens with one attached hydrogen (secondary N) is 2. The maximum absolute atomic E-state index is 11.9. The van der Waals surface area contributed by atoms with Crippen molar-refractivity contribution in [2.24, 2.45) is 0 Å². The van der Waals surface area contributed by atoms with Crippen molar-refractivity contribution in [1.29, 1.82) is 5.41 Å². The van der Waals surface area contributed by atoms with Crippen molar-refractivity contribution in [2.45, 2.75) is 12.8 Å². The van der Waals surface area contributed by atoms with E-state index >= 15 is 0 Å². The molecule has 0 spiro atoms. The number of aryl methyl sites for hydroxylation is 1. The lowest BCUT2D eigenvalue weighted by Crippen LogP contribution is -2.12. The first kappa shape index (κ1) is 16.1. The number of hydrogen-bond donors (Lipinski definition) is 3. The lowest BCUT2D eigenvalue weighted by Gasteiger charge is -2.06. The molecule has 0 saturated carbocycles. The first-order valence-electron chi connectivity index (χ1n) is 6.89. The van der Waals surface area contributed by atoms with Gasteiger partial charge in [0, 0.05) is 17.7 Å². The van der Waals surface area contributed by atoms with E-state index in [0.29, 0.717) is 23.6 Å². The molecule has 0 fully saturated rings. The van der Waals surface area contributed by atoms with E-state index in [-0.39, 0.29) is 11.7 Å². The number of rotatable bonds is 5. The van der Waals surface area contributed by atoms with Crippen LogP contribution in [-0.4, -0.2) is 22.3 Å². The van der Waals surface area contributed by atoms with Crippen molar-refractivity contribution in [3.8, 4) is 5.75 Å². The summed E-state index contributed by atoms with van der Waals surface area (Å²) >= 11 is 1.41. The summed E-state index contributed by atoms with van der Waals surface area (Å²) in [5.74, 6) is 0.112. The third-order valence-corrected chi connectivity index (χ3v) is 3.86. The molecule has 2 aromatic rings. The molecule has 0 aliphatic heterocycles. The lowest BCUT2D eigenvalue weighted by atomic mass is 10.1. The van der Waals surface area contributed by atoms with Gasteiger partial charge in [0.05, 0.1) is 5.04 Å². The molecule has 3 N–H and O–H groups in total. The van der Waals surface area contributed by atoms with Gasteiger partial charge < -0.3 is 10.4 Å². The largest absolute Gasteiger partial charge is 0.508 e. The standard InChI is InChI=1S/C17H18N2O2S/c1-22-17(18)13-5-2-12(3-6-13)4-11-16(21)19-14-7-9-15(20)10-8-14/h2-3,5-10,18,20H,4,11H2,1H3,(H,19,21). The first-order valence-corrected chi connectivity index (χ1v) is 8.11. The second-order valence-corrected chi connectivity index (χ2v) is 5.64. The van der Waals surface area contributed by atoms with Crippen LogP contribution >= 0.6 is 11.8 Å². The average molecular weight is 314 g/mol.